The van der Waals surface area contributed by atoms with Crippen LogP contribution in [0.15, 0.2) is 24.3 Å². The third kappa shape index (κ3) is 2.13. The van der Waals surface area contributed by atoms with Crippen molar-refractivity contribution < 1.29 is 18.7 Å². The quantitative estimate of drug-likeness (QED) is 0.734. The van der Waals surface area contributed by atoms with E-state index in [-0.39, 0.29) is 5.82 Å². The van der Waals surface area contributed by atoms with Crippen molar-refractivity contribution in [2.24, 2.45) is 0 Å². The largest absolute Gasteiger partial charge is 0.343 e. The lowest BCUT2D eigenvalue weighted by Crippen LogP contribution is -2.27. The fraction of sp³-hybridized carbons (Fsp3) is 0.417. The van der Waals surface area contributed by atoms with E-state index in [2.05, 4.69) is 0 Å². The van der Waals surface area contributed by atoms with Gasteiger partial charge in [-0.1, -0.05) is 12.1 Å². The first-order chi connectivity index (χ1) is 7.77. The van der Waals surface area contributed by atoms with Gasteiger partial charge >= 0.3 is 0 Å². The van der Waals surface area contributed by atoms with Crippen molar-refractivity contribution in [2.45, 2.75) is 18.6 Å². The molecule has 0 spiro atoms. The maximum Gasteiger partial charge on any atom is 0.195 e. The monoisotopic (exact) mass is 224 g/mol. The van der Waals surface area contributed by atoms with Crippen LogP contribution in [0.4, 0.5) is 4.39 Å². The Balaban J connectivity index is 2.27. The van der Waals surface area contributed by atoms with E-state index in [1.807, 2.05) is 0 Å². The van der Waals surface area contributed by atoms with E-state index in [0.717, 1.165) is 6.29 Å². The van der Waals surface area contributed by atoms with Gasteiger partial charge in [0.05, 0.1) is 13.2 Å². The second kappa shape index (κ2) is 4.72. The summed E-state index contributed by atoms with van der Waals surface area (Å²) in [6.07, 6.45) is 1.56. The van der Waals surface area contributed by atoms with Crippen molar-refractivity contribution in [3.05, 3.63) is 35.6 Å². The van der Waals surface area contributed by atoms with Crippen LogP contribution in [0, 0.1) is 5.82 Å². The van der Waals surface area contributed by atoms with Gasteiger partial charge in [-0.05, 0) is 12.1 Å². The minimum atomic E-state index is -0.941. The zero-order valence-electron chi connectivity index (χ0n) is 8.82. The van der Waals surface area contributed by atoms with Crippen LogP contribution in [0.25, 0.3) is 0 Å². The Morgan fingerprint density at radius 1 is 1.38 bits per heavy atom. The molecule has 1 heterocycles. The highest BCUT2D eigenvalue weighted by atomic mass is 19.1. The molecule has 1 aliphatic heterocycles. The molecule has 1 aliphatic rings. The molecule has 0 aromatic heterocycles. The molecule has 4 heteroatoms. The van der Waals surface area contributed by atoms with E-state index in [1.165, 1.54) is 12.1 Å². The molecule has 0 N–H and O–H groups in total. The maximum absolute atomic E-state index is 13.1. The summed E-state index contributed by atoms with van der Waals surface area (Å²) >= 11 is 0. The van der Waals surface area contributed by atoms with Crippen LogP contribution in [0.5, 0.6) is 0 Å². The molecule has 0 saturated carbocycles. The number of hydrogen-bond acceptors (Lipinski definition) is 3. The van der Waals surface area contributed by atoms with Crippen molar-refractivity contribution in [1.82, 2.24) is 0 Å². The molecule has 3 nitrogen and oxygen atoms in total. The normalized spacial score (nSPS) is 18.6. The van der Waals surface area contributed by atoms with Crippen molar-refractivity contribution in [1.29, 1.82) is 0 Å². The van der Waals surface area contributed by atoms with E-state index in [0.29, 0.717) is 31.6 Å². The second-order valence-corrected chi connectivity index (χ2v) is 3.67. The van der Waals surface area contributed by atoms with Gasteiger partial charge in [0.25, 0.3) is 0 Å². The lowest BCUT2D eigenvalue weighted by atomic mass is 10.0. The molecule has 1 aromatic carbocycles. The Labute approximate surface area is 93.2 Å². The Hall–Kier alpha value is -1.26. The molecule has 1 fully saturated rings. The molecule has 0 radical (unpaired) electrons. The highest BCUT2D eigenvalue weighted by Gasteiger charge is 2.38. The van der Waals surface area contributed by atoms with Crippen molar-refractivity contribution >= 4 is 6.29 Å². The van der Waals surface area contributed by atoms with Gasteiger partial charge in [0.2, 0.25) is 0 Å². The number of halogens is 1. The number of aldehydes is 1. The SMILES string of the molecule is O=CCCC1(c2cccc(F)c2)OCCO1. The van der Waals surface area contributed by atoms with Gasteiger partial charge in [0.15, 0.2) is 5.79 Å². The van der Waals surface area contributed by atoms with E-state index in [1.54, 1.807) is 12.1 Å². The predicted molar refractivity (Wildman–Crippen MR) is 55.3 cm³/mol. The highest BCUT2D eigenvalue weighted by Crippen LogP contribution is 2.35. The molecule has 2 rings (SSSR count). The molecule has 0 aliphatic carbocycles. The van der Waals surface area contributed by atoms with Gasteiger partial charge in [-0.3, -0.25) is 0 Å². The van der Waals surface area contributed by atoms with Gasteiger partial charge in [0, 0.05) is 18.4 Å². The van der Waals surface area contributed by atoms with Gasteiger partial charge in [-0.15, -0.1) is 0 Å². The zero-order chi connectivity index (χ0) is 11.4. The fourth-order valence-corrected chi connectivity index (χ4v) is 1.88. The average molecular weight is 224 g/mol. The van der Waals surface area contributed by atoms with E-state index in [9.17, 15) is 9.18 Å². The summed E-state index contributed by atoms with van der Waals surface area (Å²) in [5.74, 6) is -1.27. The first-order valence-electron chi connectivity index (χ1n) is 5.24. The molecule has 86 valence electrons. The zero-order valence-corrected chi connectivity index (χ0v) is 8.82. The lowest BCUT2D eigenvalue weighted by Gasteiger charge is -2.27. The summed E-state index contributed by atoms with van der Waals surface area (Å²) in [6.45, 7) is 0.935. The molecule has 16 heavy (non-hydrogen) atoms. The Morgan fingerprint density at radius 3 is 2.75 bits per heavy atom. The standard InChI is InChI=1S/C12H13FO3/c13-11-4-1-3-10(9-11)12(5-2-6-14)15-7-8-16-12/h1,3-4,6,9H,2,5,7-8H2. The van der Waals surface area contributed by atoms with Crippen molar-refractivity contribution in [3.8, 4) is 0 Å². The third-order valence-electron chi connectivity index (χ3n) is 2.61. The van der Waals surface area contributed by atoms with Gasteiger partial charge in [-0.2, -0.15) is 0 Å². The molecule has 0 atom stereocenters. The number of rotatable bonds is 4. The Kier molecular flexibility index (Phi) is 3.31. The topological polar surface area (TPSA) is 35.5 Å². The minimum absolute atomic E-state index is 0.330. The highest BCUT2D eigenvalue weighted by molar-refractivity contribution is 5.49. The Morgan fingerprint density at radius 2 is 2.12 bits per heavy atom. The van der Waals surface area contributed by atoms with E-state index >= 15 is 0 Å². The minimum Gasteiger partial charge on any atom is -0.343 e. The molecule has 1 saturated heterocycles. The number of hydrogen-bond donors (Lipinski definition) is 0. The summed E-state index contributed by atoms with van der Waals surface area (Å²) in [6, 6.07) is 6.11. The number of benzene rings is 1. The Bertz CT molecular complexity index is 372. The summed E-state index contributed by atoms with van der Waals surface area (Å²) in [4.78, 5) is 10.4. The van der Waals surface area contributed by atoms with E-state index in [4.69, 9.17) is 9.47 Å². The molecular weight excluding hydrogens is 211 g/mol. The van der Waals surface area contributed by atoms with Crippen LogP contribution in [0.2, 0.25) is 0 Å². The number of carbonyl (C=O) groups excluding carboxylic acids is 1. The van der Waals surface area contributed by atoms with Crippen LogP contribution >= 0.6 is 0 Å². The predicted octanol–water partition coefficient (Wildman–Crippen LogP) is 2.00. The maximum atomic E-state index is 13.1. The van der Waals surface area contributed by atoms with Crippen LogP contribution in [-0.2, 0) is 20.1 Å². The van der Waals surface area contributed by atoms with Crippen LogP contribution in [-0.4, -0.2) is 19.5 Å². The molecule has 0 unspecified atom stereocenters. The number of ether oxygens (including phenoxy) is 2. The van der Waals surface area contributed by atoms with Gasteiger partial charge in [-0.25, -0.2) is 4.39 Å². The first-order valence-corrected chi connectivity index (χ1v) is 5.24. The second-order valence-electron chi connectivity index (χ2n) is 3.67. The average Bonchev–Trinajstić information content (AvgIpc) is 2.76. The van der Waals surface area contributed by atoms with Crippen LogP contribution in [0.3, 0.4) is 0 Å². The van der Waals surface area contributed by atoms with E-state index < -0.39 is 5.79 Å². The van der Waals surface area contributed by atoms with Crippen molar-refractivity contribution in [3.63, 3.8) is 0 Å². The number of carbonyl (C=O) groups is 1. The molecule has 1 aromatic rings. The first kappa shape index (κ1) is 11.2. The fourth-order valence-electron chi connectivity index (χ4n) is 1.88. The van der Waals surface area contributed by atoms with Crippen LogP contribution in [0.1, 0.15) is 18.4 Å². The summed E-state index contributed by atoms with van der Waals surface area (Å²) < 4.78 is 24.2. The molecule has 0 amide bonds. The van der Waals surface area contributed by atoms with Gasteiger partial charge < -0.3 is 14.3 Å². The molecule has 0 bridgehead atoms. The van der Waals surface area contributed by atoms with Gasteiger partial charge in [0.1, 0.15) is 12.1 Å². The summed E-state index contributed by atoms with van der Waals surface area (Å²) in [7, 11) is 0. The summed E-state index contributed by atoms with van der Waals surface area (Å²) in [5, 5.41) is 0. The van der Waals surface area contributed by atoms with Crippen LogP contribution < -0.4 is 0 Å². The molecular formula is C12H13FO3. The third-order valence-corrected chi connectivity index (χ3v) is 2.61. The van der Waals surface area contributed by atoms with Crippen molar-refractivity contribution in [2.75, 3.05) is 13.2 Å². The smallest absolute Gasteiger partial charge is 0.195 e. The summed E-state index contributed by atoms with van der Waals surface area (Å²) in [5.41, 5.74) is 0.631. The lowest BCUT2D eigenvalue weighted by molar-refractivity contribution is -0.172.